The van der Waals surface area contributed by atoms with E-state index in [9.17, 15) is 9.50 Å². The molecule has 0 aliphatic carbocycles. The number of aliphatic hydroxyl groups is 1. The van der Waals surface area contributed by atoms with Crippen LogP contribution in [0.3, 0.4) is 0 Å². The predicted octanol–water partition coefficient (Wildman–Crippen LogP) is 3.35. The fourth-order valence-electron chi connectivity index (χ4n) is 2.49. The van der Waals surface area contributed by atoms with E-state index in [-0.39, 0.29) is 5.82 Å². The van der Waals surface area contributed by atoms with Crippen molar-refractivity contribution >= 4 is 11.8 Å². The maximum Gasteiger partial charge on any atom is 0.196 e. The number of fused-ring (bicyclic) bond motifs is 1. The SMILES string of the molecule is CC(O)c1ccc(Sc2nnc3n2CCCCC3)c(F)c1. The predicted molar refractivity (Wildman–Crippen MR) is 78.7 cm³/mol. The lowest BCUT2D eigenvalue weighted by molar-refractivity contribution is 0.198. The topological polar surface area (TPSA) is 50.9 Å². The van der Waals surface area contributed by atoms with Gasteiger partial charge in [-0.15, -0.1) is 10.2 Å². The molecule has 21 heavy (non-hydrogen) atoms. The molecule has 0 saturated carbocycles. The summed E-state index contributed by atoms with van der Waals surface area (Å²) in [7, 11) is 0. The van der Waals surface area contributed by atoms with E-state index in [1.54, 1.807) is 19.1 Å². The minimum atomic E-state index is -0.664. The zero-order valence-electron chi connectivity index (χ0n) is 11.9. The quantitative estimate of drug-likeness (QED) is 0.945. The monoisotopic (exact) mass is 307 g/mol. The van der Waals surface area contributed by atoms with Gasteiger partial charge in [0.15, 0.2) is 5.16 Å². The van der Waals surface area contributed by atoms with Gasteiger partial charge in [-0.05, 0) is 49.2 Å². The Morgan fingerprint density at radius 2 is 2.14 bits per heavy atom. The van der Waals surface area contributed by atoms with Gasteiger partial charge in [0.05, 0.1) is 11.0 Å². The maximum absolute atomic E-state index is 14.1. The Hall–Kier alpha value is -1.40. The molecule has 2 aromatic rings. The van der Waals surface area contributed by atoms with E-state index in [2.05, 4.69) is 14.8 Å². The molecule has 0 radical (unpaired) electrons. The molecule has 4 nitrogen and oxygen atoms in total. The van der Waals surface area contributed by atoms with Crippen LogP contribution in [0.4, 0.5) is 4.39 Å². The van der Waals surface area contributed by atoms with Gasteiger partial charge in [0, 0.05) is 13.0 Å². The van der Waals surface area contributed by atoms with Gasteiger partial charge in [0.25, 0.3) is 0 Å². The number of hydrogen-bond acceptors (Lipinski definition) is 4. The van der Waals surface area contributed by atoms with Gasteiger partial charge in [-0.25, -0.2) is 4.39 Å². The van der Waals surface area contributed by atoms with Crippen LogP contribution >= 0.6 is 11.8 Å². The van der Waals surface area contributed by atoms with E-state index in [4.69, 9.17) is 0 Å². The minimum absolute atomic E-state index is 0.329. The average molecular weight is 307 g/mol. The zero-order chi connectivity index (χ0) is 14.8. The Morgan fingerprint density at radius 3 is 2.90 bits per heavy atom. The van der Waals surface area contributed by atoms with E-state index in [0.717, 1.165) is 36.8 Å². The van der Waals surface area contributed by atoms with Crippen molar-refractivity contribution in [2.45, 2.75) is 55.3 Å². The van der Waals surface area contributed by atoms with Crippen LogP contribution in [0.2, 0.25) is 0 Å². The van der Waals surface area contributed by atoms with Crippen LogP contribution in [0.5, 0.6) is 0 Å². The Morgan fingerprint density at radius 1 is 1.29 bits per heavy atom. The normalized spacial score (nSPS) is 16.3. The molecular formula is C15H18FN3OS. The first-order valence-corrected chi connectivity index (χ1v) is 8.04. The first-order valence-electron chi connectivity index (χ1n) is 7.22. The Kier molecular flexibility index (Phi) is 4.26. The van der Waals surface area contributed by atoms with Gasteiger partial charge in [-0.2, -0.15) is 0 Å². The van der Waals surface area contributed by atoms with Gasteiger partial charge in [0.1, 0.15) is 11.6 Å². The summed E-state index contributed by atoms with van der Waals surface area (Å²) in [5.74, 6) is 0.667. The van der Waals surface area contributed by atoms with Crippen molar-refractivity contribution < 1.29 is 9.50 Å². The molecule has 1 aliphatic rings. The third-order valence-corrected chi connectivity index (χ3v) is 4.75. The van der Waals surface area contributed by atoms with Crippen LogP contribution in [-0.4, -0.2) is 19.9 Å². The summed E-state index contributed by atoms with van der Waals surface area (Å²) in [5, 5.41) is 18.6. The van der Waals surface area contributed by atoms with Gasteiger partial charge in [-0.1, -0.05) is 12.5 Å². The van der Waals surface area contributed by atoms with Crippen LogP contribution in [0.15, 0.2) is 28.3 Å². The van der Waals surface area contributed by atoms with Crippen molar-refractivity contribution in [1.82, 2.24) is 14.8 Å². The highest BCUT2D eigenvalue weighted by molar-refractivity contribution is 7.99. The second-order valence-corrected chi connectivity index (χ2v) is 6.34. The second-order valence-electron chi connectivity index (χ2n) is 5.33. The van der Waals surface area contributed by atoms with Crippen LogP contribution in [0, 0.1) is 5.82 Å². The number of hydrogen-bond donors (Lipinski definition) is 1. The first-order chi connectivity index (χ1) is 10.1. The molecule has 0 saturated heterocycles. The average Bonchev–Trinajstić information content (AvgIpc) is 2.69. The van der Waals surface area contributed by atoms with E-state index in [0.29, 0.717) is 10.5 Å². The molecule has 0 fully saturated rings. The number of aryl methyl sites for hydroxylation is 1. The molecule has 0 spiro atoms. The van der Waals surface area contributed by atoms with E-state index in [1.165, 1.54) is 24.2 Å². The summed E-state index contributed by atoms with van der Waals surface area (Å²) in [5.41, 5.74) is 0.580. The van der Waals surface area contributed by atoms with E-state index >= 15 is 0 Å². The van der Waals surface area contributed by atoms with Crippen LogP contribution in [0.1, 0.15) is 43.7 Å². The molecule has 0 amide bonds. The van der Waals surface area contributed by atoms with Crippen molar-refractivity contribution in [2.24, 2.45) is 0 Å². The van der Waals surface area contributed by atoms with Crippen molar-refractivity contribution in [2.75, 3.05) is 0 Å². The van der Waals surface area contributed by atoms with Crippen molar-refractivity contribution in [3.8, 4) is 0 Å². The van der Waals surface area contributed by atoms with Crippen LogP contribution < -0.4 is 0 Å². The highest BCUT2D eigenvalue weighted by atomic mass is 32.2. The summed E-state index contributed by atoms with van der Waals surface area (Å²) in [6.07, 6.45) is 3.73. The standard InChI is InChI=1S/C15H18FN3OS/c1-10(20)11-6-7-13(12(16)9-11)21-15-18-17-14-5-3-2-4-8-19(14)15/h6-7,9-10,20H,2-5,8H2,1H3. The molecule has 1 N–H and O–H groups in total. The van der Waals surface area contributed by atoms with Crippen molar-refractivity contribution in [1.29, 1.82) is 0 Å². The summed E-state index contributed by atoms with van der Waals surface area (Å²) in [6, 6.07) is 4.82. The summed E-state index contributed by atoms with van der Waals surface area (Å²) in [6.45, 7) is 2.53. The molecule has 0 bridgehead atoms. The third-order valence-electron chi connectivity index (χ3n) is 3.72. The molecule has 3 rings (SSSR count). The number of rotatable bonds is 3. The second kappa shape index (κ2) is 6.15. The molecule has 1 aromatic carbocycles. The number of aromatic nitrogens is 3. The fraction of sp³-hybridized carbons (Fsp3) is 0.467. The van der Waals surface area contributed by atoms with Crippen molar-refractivity contribution in [3.63, 3.8) is 0 Å². The molecule has 1 aromatic heterocycles. The zero-order valence-corrected chi connectivity index (χ0v) is 12.7. The Labute approximate surface area is 127 Å². The molecule has 112 valence electrons. The fourth-order valence-corrected chi connectivity index (χ4v) is 3.37. The van der Waals surface area contributed by atoms with Crippen molar-refractivity contribution in [3.05, 3.63) is 35.4 Å². The Balaban J connectivity index is 1.85. The van der Waals surface area contributed by atoms with Gasteiger partial charge in [0.2, 0.25) is 0 Å². The number of aliphatic hydroxyl groups excluding tert-OH is 1. The van der Waals surface area contributed by atoms with Crippen LogP contribution in [0.25, 0.3) is 0 Å². The molecule has 2 heterocycles. The summed E-state index contributed by atoms with van der Waals surface area (Å²) < 4.78 is 16.2. The molecule has 6 heteroatoms. The van der Waals surface area contributed by atoms with Crippen LogP contribution in [-0.2, 0) is 13.0 Å². The highest BCUT2D eigenvalue weighted by Gasteiger charge is 2.17. The van der Waals surface area contributed by atoms with Gasteiger partial charge >= 0.3 is 0 Å². The Bertz CT molecular complexity index is 642. The third kappa shape index (κ3) is 3.11. The van der Waals surface area contributed by atoms with Gasteiger partial charge in [-0.3, -0.25) is 0 Å². The summed E-state index contributed by atoms with van der Waals surface area (Å²) >= 11 is 1.30. The number of halogens is 1. The highest BCUT2D eigenvalue weighted by Crippen LogP contribution is 2.31. The number of nitrogens with zero attached hydrogens (tertiary/aromatic N) is 3. The number of benzene rings is 1. The molecular weight excluding hydrogens is 289 g/mol. The lowest BCUT2D eigenvalue weighted by Crippen LogP contribution is -2.02. The van der Waals surface area contributed by atoms with Gasteiger partial charge < -0.3 is 9.67 Å². The summed E-state index contributed by atoms with van der Waals surface area (Å²) in [4.78, 5) is 0.513. The largest absolute Gasteiger partial charge is 0.389 e. The molecule has 1 aliphatic heterocycles. The lowest BCUT2D eigenvalue weighted by Gasteiger charge is -2.09. The molecule has 1 atom stereocenters. The first kappa shape index (κ1) is 14.5. The molecule has 1 unspecified atom stereocenters. The van der Waals surface area contributed by atoms with E-state index in [1.807, 2.05) is 0 Å². The minimum Gasteiger partial charge on any atom is -0.389 e. The smallest absolute Gasteiger partial charge is 0.196 e. The maximum atomic E-state index is 14.1. The lowest BCUT2D eigenvalue weighted by atomic mass is 10.1. The van der Waals surface area contributed by atoms with E-state index < -0.39 is 6.10 Å².